The van der Waals surface area contributed by atoms with Crippen molar-refractivity contribution < 1.29 is 18.4 Å². The quantitative estimate of drug-likeness (QED) is 0.377. The van der Waals surface area contributed by atoms with Gasteiger partial charge >= 0.3 is 0 Å². The Kier molecular flexibility index (Phi) is 5.43. The topological polar surface area (TPSA) is 97.4 Å². The van der Waals surface area contributed by atoms with Crippen molar-refractivity contribution in [3.8, 4) is 11.5 Å². The largest absolute Gasteiger partial charge is 0.463 e. The van der Waals surface area contributed by atoms with Crippen LogP contribution >= 0.6 is 0 Å². The van der Waals surface area contributed by atoms with Crippen molar-refractivity contribution in [1.82, 2.24) is 10.3 Å². The molecule has 0 radical (unpaired) electrons. The second-order valence-corrected chi connectivity index (χ2v) is 7.36. The number of rotatable bonds is 6. The van der Waals surface area contributed by atoms with Crippen LogP contribution in [0.2, 0.25) is 0 Å². The van der Waals surface area contributed by atoms with E-state index in [0.717, 1.165) is 10.9 Å². The lowest BCUT2D eigenvalue weighted by Crippen LogP contribution is -2.23. The molecule has 33 heavy (non-hydrogen) atoms. The van der Waals surface area contributed by atoms with Crippen molar-refractivity contribution in [2.75, 3.05) is 5.32 Å². The normalized spacial score (nSPS) is 10.8. The van der Waals surface area contributed by atoms with Crippen molar-refractivity contribution in [2.45, 2.75) is 6.54 Å². The molecule has 3 heterocycles. The molecule has 0 fully saturated rings. The zero-order chi connectivity index (χ0) is 22.6. The van der Waals surface area contributed by atoms with E-state index in [-0.39, 0.29) is 17.6 Å². The smallest absolute Gasteiger partial charge is 0.291 e. The van der Waals surface area contributed by atoms with Crippen LogP contribution in [0.5, 0.6) is 0 Å². The van der Waals surface area contributed by atoms with Gasteiger partial charge in [-0.2, -0.15) is 0 Å². The minimum atomic E-state index is -0.321. The molecule has 0 aliphatic heterocycles. The van der Waals surface area contributed by atoms with Gasteiger partial charge in [0.15, 0.2) is 11.5 Å². The van der Waals surface area contributed by atoms with Crippen molar-refractivity contribution in [2.24, 2.45) is 0 Å². The van der Waals surface area contributed by atoms with Crippen LogP contribution in [0, 0.1) is 0 Å². The number of para-hydroxylation sites is 1. The van der Waals surface area contributed by atoms with Crippen LogP contribution in [0.1, 0.15) is 26.5 Å². The predicted molar refractivity (Wildman–Crippen MR) is 124 cm³/mol. The number of nitrogens with one attached hydrogen (secondary N) is 2. The van der Waals surface area contributed by atoms with Crippen molar-refractivity contribution in [3.05, 3.63) is 108 Å². The van der Waals surface area contributed by atoms with Crippen LogP contribution in [0.3, 0.4) is 0 Å². The summed E-state index contributed by atoms with van der Waals surface area (Å²) < 4.78 is 10.6. The van der Waals surface area contributed by atoms with E-state index in [1.807, 2.05) is 42.5 Å². The summed E-state index contributed by atoms with van der Waals surface area (Å²) in [5.41, 5.74) is 3.36. The Labute approximate surface area is 189 Å². The van der Waals surface area contributed by atoms with Crippen LogP contribution < -0.4 is 10.6 Å². The Balaban J connectivity index is 1.30. The van der Waals surface area contributed by atoms with E-state index in [9.17, 15) is 9.59 Å². The van der Waals surface area contributed by atoms with Crippen LogP contribution in [0.4, 0.5) is 5.69 Å². The second kappa shape index (κ2) is 8.84. The summed E-state index contributed by atoms with van der Waals surface area (Å²) in [4.78, 5) is 29.8. The van der Waals surface area contributed by atoms with Crippen LogP contribution in [-0.2, 0) is 6.54 Å². The summed E-state index contributed by atoms with van der Waals surface area (Å²) in [6.07, 6.45) is 3.02. The highest BCUT2D eigenvalue weighted by Gasteiger charge is 2.15. The molecule has 7 heteroatoms. The molecule has 2 aromatic carbocycles. The first-order valence-electron chi connectivity index (χ1n) is 10.3. The second-order valence-electron chi connectivity index (χ2n) is 7.36. The fourth-order valence-corrected chi connectivity index (χ4v) is 3.50. The summed E-state index contributed by atoms with van der Waals surface area (Å²) in [5, 5.41) is 6.49. The number of furan rings is 2. The van der Waals surface area contributed by atoms with E-state index in [2.05, 4.69) is 15.6 Å². The van der Waals surface area contributed by atoms with Crippen LogP contribution in [-0.4, -0.2) is 16.8 Å². The molecule has 0 atom stereocenters. The van der Waals surface area contributed by atoms with Gasteiger partial charge in [-0.05, 0) is 54.1 Å². The van der Waals surface area contributed by atoms with Gasteiger partial charge in [-0.15, -0.1) is 0 Å². The third-order valence-corrected chi connectivity index (χ3v) is 5.14. The van der Waals surface area contributed by atoms with E-state index < -0.39 is 0 Å². The number of fused-ring (bicyclic) bond motifs is 1. The monoisotopic (exact) mass is 437 g/mol. The van der Waals surface area contributed by atoms with E-state index in [0.29, 0.717) is 34.8 Å². The lowest BCUT2D eigenvalue weighted by Gasteiger charge is -2.10. The Hall–Kier alpha value is -4.65. The van der Waals surface area contributed by atoms with Crippen LogP contribution in [0.25, 0.3) is 22.4 Å². The third-order valence-electron chi connectivity index (χ3n) is 5.14. The number of carbonyl (C=O) groups is 2. The first kappa shape index (κ1) is 20.3. The lowest BCUT2D eigenvalue weighted by molar-refractivity contribution is 0.0951. The van der Waals surface area contributed by atoms with Gasteiger partial charge in [0.2, 0.25) is 0 Å². The number of aromatic nitrogens is 1. The first-order valence-corrected chi connectivity index (χ1v) is 10.3. The number of amides is 2. The summed E-state index contributed by atoms with van der Waals surface area (Å²) in [7, 11) is 0. The Bertz CT molecular complexity index is 1410. The summed E-state index contributed by atoms with van der Waals surface area (Å²) in [6.45, 7) is 0.331. The van der Waals surface area contributed by atoms with Crippen molar-refractivity contribution in [1.29, 1.82) is 0 Å². The molecule has 0 saturated heterocycles. The highest BCUT2D eigenvalue weighted by molar-refractivity contribution is 6.07. The molecule has 5 rings (SSSR count). The Morgan fingerprint density at radius 2 is 1.61 bits per heavy atom. The van der Waals surface area contributed by atoms with Gasteiger partial charge in [0.05, 0.1) is 23.6 Å². The number of carbonyl (C=O) groups excluding carboxylic acids is 2. The maximum Gasteiger partial charge on any atom is 0.291 e. The fourth-order valence-electron chi connectivity index (χ4n) is 3.50. The van der Waals surface area contributed by atoms with Crippen molar-refractivity contribution >= 4 is 28.4 Å². The number of pyridine rings is 1. The van der Waals surface area contributed by atoms with Crippen molar-refractivity contribution in [3.63, 3.8) is 0 Å². The average Bonchev–Trinajstić information content (AvgIpc) is 3.57. The molecular weight excluding hydrogens is 418 g/mol. The van der Waals surface area contributed by atoms with Gasteiger partial charge in [0.25, 0.3) is 11.8 Å². The van der Waals surface area contributed by atoms with Crippen LogP contribution in [0.15, 0.2) is 100 Å². The maximum atomic E-state index is 13.1. The molecule has 0 aliphatic carbocycles. The molecule has 0 spiro atoms. The maximum absolute atomic E-state index is 13.1. The summed E-state index contributed by atoms with van der Waals surface area (Å²) >= 11 is 0. The van der Waals surface area contributed by atoms with Gasteiger partial charge in [-0.25, -0.2) is 4.98 Å². The highest BCUT2D eigenvalue weighted by Crippen LogP contribution is 2.25. The summed E-state index contributed by atoms with van der Waals surface area (Å²) in [5.74, 6) is 0.307. The standard InChI is InChI=1S/C26H19N3O4/c30-25(20-15-22(23-7-3-13-32-23)29-21-6-2-1-5-19(20)21)27-16-17-9-11-18(12-10-17)28-26(31)24-8-4-14-33-24/h1-15H,16H2,(H,27,30)(H,28,31). The third kappa shape index (κ3) is 4.38. The van der Waals surface area contributed by atoms with E-state index in [1.54, 1.807) is 42.7 Å². The SMILES string of the molecule is O=C(Nc1ccc(CNC(=O)c2cc(-c3ccco3)nc3ccccc23)cc1)c1ccco1. The average molecular weight is 437 g/mol. The van der Waals surface area contributed by atoms with E-state index in [4.69, 9.17) is 8.83 Å². The molecule has 7 nitrogen and oxygen atoms in total. The molecule has 0 aliphatic rings. The molecule has 0 saturated carbocycles. The number of benzene rings is 2. The lowest BCUT2D eigenvalue weighted by atomic mass is 10.1. The molecule has 0 unspecified atom stereocenters. The number of nitrogens with zero attached hydrogens (tertiary/aromatic N) is 1. The molecule has 5 aromatic rings. The first-order chi connectivity index (χ1) is 16.2. The highest BCUT2D eigenvalue weighted by atomic mass is 16.3. The van der Waals surface area contributed by atoms with E-state index in [1.165, 1.54) is 6.26 Å². The van der Waals surface area contributed by atoms with Gasteiger partial charge in [0.1, 0.15) is 5.69 Å². The van der Waals surface area contributed by atoms with Gasteiger partial charge in [-0.1, -0.05) is 30.3 Å². The zero-order valence-electron chi connectivity index (χ0n) is 17.4. The van der Waals surface area contributed by atoms with E-state index >= 15 is 0 Å². The zero-order valence-corrected chi connectivity index (χ0v) is 17.4. The fraction of sp³-hybridized carbons (Fsp3) is 0.0385. The predicted octanol–water partition coefficient (Wildman–Crippen LogP) is 5.27. The Morgan fingerprint density at radius 1 is 0.818 bits per heavy atom. The number of hydrogen-bond donors (Lipinski definition) is 2. The minimum Gasteiger partial charge on any atom is -0.463 e. The van der Waals surface area contributed by atoms with Gasteiger partial charge < -0.3 is 19.5 Å². The van der Waals surface area contributed by atoms with Gasteiger partial charge in [-0.3, -0.25) is 9.59 Å². The minimum absolute atomic E-state index is 0.211. The molecule has 162 valence electrons. The summed E-state index contributed by atoms with van der Waals surface area (Å²) in [6, 6.07) is 23.3. The molecule has 0 bridgehead atoms. The Morgan fingerprint density at radius 3 is 2.36 bits per heavy atom. The molecular formula is C26H19N3O4. The molecule has 2 N–H and O–H groups in total. The number of hydrogen-bond acceptors (Lipinski definition) is 5. The van der Waals surface area contributed by atoms with Gasteiger partial charge in [0, 0.05) is 17.6 Å². The number of anilines is 1. The molecule has 3 aromatic heterocycles. The molecule has 2 amide bonds.